The first kappa shape index (κ1) is 23.1. The fraction of sp³-hybridized carbons (Fsp3) is 0.538. The molecule has 0 bridgehead atoms. The molecule has 158 valence electrons. The topological polar surface area (TPSA) is 43.4 Å². The lowest BCUT2D eigenvalue weighted by molar-refractivity contribution is -0.140. The Balaban J connectivity index is 1.59. The van der Waals surface area contributed by atoms with Gasteiger partial charge in [-0.15, -0.1) is 0 Å². The van der Waals surface area contributed by atoms with Crippen LogP contribution in [-0.2, 0) is 20.7 Å². The third-order valence-electron chi connectivity index (χ3n) is 5.69. The second-order valence-electron chi connectivity index (χ2n) is 8.10. The number of ether oxygens (including phenoxy) is 1. The Hall–Kier alpha value is -2.16. The van der Waals surface area contributed by atoms with Gasteiger partial charge in [-0.1, -0.05) is 67.7 Å². The highest BCUT2D eigenvalue weighted by Gasteiger charge is 2.21. The van der Waals surface area contributed by atoms with E-state index in [0.29, 0.717) is 12.3 Å². The minimum Gasteiger partial charge on any atom is -0.469 e. The molecule has 0 spiro atoms. The van der Waals surface area contributed by atoms with Crippen LogP contribution in [0.1, 0.15) is 75.3 Å². The lowest BCUT2D eigenvalue weighted by Crippen LogP contribution is -2.03. The van der Waals surface area contributed by atoms with E-state index in [1.807, 2.05) is 0 Å². The van der Waals surface area contributed by atoms with Crippen molar-refractivity contribution in [1.82, 2.24) is 0 Å². The SMILES string of the molecule is COC(=O)CCCCC/C=C1\C(=O)C=C[C@H]1CCCCCCc1ccc(C)cc1. The number of unbranched alkanes of at least 4 members (excludes halogenated alkanes) is 6. The van der Waals surface area contributed by atoms with Crippen LogP contribution >= 0.6 is 0 Å². The molecule has 1 aromatic carbocycles. The highest BCUT2D eigenvalue weighted by atomic mass is 16.5. The van der Waals surface area contributed by atoms with E-state index in [1.165, 1.54) is 43.9 Å². The van der Waals surface area contributed by atoms with Gasteiger partial charge in [-0.3, -0.25) is 9.59 Å². The Kier molecular flexibility index (Phi) is 10.5. The monoisotopic (exact) mass is 396 g/mol. The van der Waals surface area contributed by atoms with Gasteiger partial charge in [0.15, 0.2) is 5.78 Å². The van der Waals surface area contributed by atoms with E-state index in [4.69, 9.17) is 0 Å². The summed E-state index contributed by atoms with van der Waals surface area (Å²) in [6, 6.07) is 8.84. The molecule has 0 heterocycles. The third-order valence-corrected chi connectivity index (χ3v) is 5.69. The number of allylic oxidation sites excluding steroid dienone is 4. The van der Waals surface area contributed by atoms with Crippen LogP contribution in [0.25, 0.3) is 0 Å². The molecule has 3 nitrogen and oxygen atoms in total. The first-order valence-electron chi connectivity index (χ1n) is 11.1. The maximum Gasteiger partial charge on any atom is 0.305 e. The summed E-state index contributed by atoms with van der Waals surface area (Å²) in [6.45, 7) is 2.12. The van der Waals surface area contributed by atoms with Crippen LogP contribution in [0.15, 0.2) is 48.1 Å². The van der Waals surface area contributed by atoms with Crippen molar-refractivity contribution in [3.8, 4) is 0 Å². The van der Waals surface area contributed by atoms with Gasteiger partial charge >= 0.3 is 5.97 Å². The molecule has 0 unspecified atom stereocenters. The van der Waals surface area contributed by atoms with E-state index >= 15 is 0 Å². The van der Waals surface area contributed by atoms with Gasteiger partial charge in [-0.25, -0.2) is 0 Å². The zero-order chi connectivity index (χ0) is 20.9. The van der Waals surface area contributed by atoms with Crippen LogP contribution < -0.4 is 0 Å². The van der Waals surface area contributed by atoms with E-state index in [-0.39, 0.29) is 11.8 Å². The Bertz CT molecular complexity index is 697. The maximum absolute atomic E-state index is 12.1. The Morgan fingerprint density at radius 3 is 2.48 bits per heavy atom. The number of hydrogen-bond acceptors (Lipinski definition) is 3. The average molecular weight is 397 g/mol. The molecule has 0 saturated carbocycles. The average Bonchev–Trinajstić information content (AvgIpc) is 3.07. The second kappa shape index (κ2) is 13.1. The van der Waals surface area contributed by atoms with Crippen molar-refractivity contribution in [1.29, 1.82) is 0 Å². The zero-order valence-electron chi connectivity index (χ0n) is 18.1. The lowest BCUT2D eigenvalue weighted by atomic mass is 9.93. The standard InChI is InChI=1S/C26H36O3/c1-21-15-17-22(18-16-21)11-7-3-4-8-12-23-19-20-25(27)24(23)13-9-5-6-10-14-26(28)29-2/h13,15-20,23H,3-12,14H2,1-2H3/b24-13-/t23-/m1/s1. The Morgan fingerprint density at radius 1 is 1.00 bits per heavy atom. The number of carbonyl (C=O) groups excluding carboxylic acids is 2. The zero-order valence-corrected chi connectivity index (χ0v) is 18.1. The van der Waals surface area contributed by atoms with Crippen LogP contribution in [0.5, 0.6) is 0 Å². The first-order chi connectivity index (χ1) is 14.1. The van der Waals surface area contributed by atoms with Crippen LogP contribution in [0, 0.1) is 12.8 Å². The molecule has 0 fully saturated rings. The van der Waals surface area contributed by atoms with E-state index in [9.17, 15) is 9.59 Å². The van der Waals surface area contributed by atoms with Gasteiger partial charge in [-0.2, -0.15) is 0 Å². The molecule has 0 aromatic heterocycles. The van der Waals surface area contributed by atoms with Gasteiger partial charge in [0.1, 0.15) is 0 Å². The van der Waals surface area contributed by atoms with E-state index in [0.717, 1.165) is 44.1 Å². The first-order valence-corrected chi connectivity index (χ1v) is 11.1. The highest BCUT2D eigenvalue weighted by molar-refractivity contribution is 6.07. The Labute approximate surface area is 176 Å². The summed E-state index contributed by atoms with van der Waals surface area (Å²) >= 11 is 0. The number of benzene rings is 1. The number of rotatable bonds is 13. The Morgan fingerprint density at radius 2 is 1.72 bits per heavy atom. The molecular formula is C26H36O3. The fourth-order valence-electron chi connectivity index (χ4n) is 3.84. The van der Waals surface area contributed by atoms with Gasteiger partial charge in [0.2, 0.25) is 0 Å². The molecule has 3 heteroatoms. The van der Waals surface area contributed by atoms with E-state index < -0.39 is 0 Å². The molecule has 29 heavy (non-hydrogen) atoms. The summed E-state index contributed by atoms with van der Waals surface area (Å²) in [6.07, 6.45) is 17.3. The third kappa shape index (κ3) is 8.81. The number of methoxy groups -OCH3 is 1. The number of carbonyl (C=O) groups is 2. The summed E-state index contributed by atoms with van der Waals surface area (Å²) < 4.78 is 4.65. The van der Waals surface area contributed by atoms with Crippen LogP contribution in [0.2, 0.25) is 0 Å². The van der Waals surface area contributed by atoms with Crippen molar-refractivity contribution in [2.75, 3.05) is 7.11 Å². The molecule has 0 saturated heterocycles. The van der Waals surface area contributed by atoms with Gasteiger partial charge in [0, 0.05) is 17.9 Å². The summed E-state index contributed by atoms with van der Waals surface area (Å²) in [4.78, 5) is 23.2. The molecule has 0 amide bonds. The number of aryl methyl sites for hydroxylation is 2. The van der Waals surface area contributed by atoms with Gasteiger partial charge < -0.3 is 4.74 Å². The smallest absolute Gasteiger partial charge is 0.305 e. The van der Waals surface area contributed by atoms with E-state index in [2.05, 4.69) is 48.1 Å². The second-order valence-corrected chi connectivity index (χ2v) is 8.10. The van der Waals surface area contributed by atoms with Crippen molar-refractivity contribution in [3.63, 3.8) is 0 Å². The number of hydrogen-bond donors (Lipinski definition) is 0. The molecule has 0 aliphatic heterocycles. The predicted molar refractivity (Wildman–Crippen MR) is 119 cm³/mol. The summed E-state index contributed by atoms with van der Waals surface area (Å²) in [7, 11) is 1.43. The largest absolute Gasteiger partial charge is 0.469 e. The summed E-state index contributed by atoms with van der Waals surface area (Å²) in [5, 5.41) is 0. The highest BCUT2D eigenvalue weighted by Crippen LogP contribution is 2.28. The quantitative estimate of drug-likeness (QED) is 0.223. The van der Waals surface area contributed by atoms with Gasteiger partial charge in [0.25, 0.3) is 0 Å². The van der Waals surface area contributed by atoms with Gasteiger partial charge in [0.05, 0.1) is 7.11 Å². The van der Waals surface area contributed by atoms with E-state index in [1.54, 1.807) is 6.08 Å². The molecule has 1 aliphatic rings. The predicted octanol–water partition coefficient (Wildman–Crippen LogP) is 6.29. The van der Waals surface area contributed by atoms with Crippen molar-refractivity contribution in [3.05, 3.63) is 59.2 Å². The number of esters is 1. The molecule has 0 N–H and O–H groups in total. The van der Waals surface area contributed by atoms with Crippen LogP contribution in [0.3, 0.4) is 0 Å². The fourth-order valence-corrected chi connectivity index (χ4v) is 3.84. The normalized spacial score (nSPS) is 17.2. The molecule has 1 atom stereocenters. The van der Waals surface area contributed by atoms with Gasteiger partial charge in [-0.05, 0) is 57.1 Å². The minimum absolute atomic E-state index is 0.141. The minimum atomic E-state index is -0.141. The lowest BCUT2D eigenvalue weighted by Gasteiger charge is -2.10. The maximum atomic E-state index is 12.1. The molecular weight excluding hydrogens is 360 g/mol. The van der Waals surface area contributed by atoms with Crippen molar-refractivity contribution >= 4 is 11.8 Å². The van der Waals surface area contributed by atoms with Crippen molar-refractivity contribution < 1.29 is 14.3 Å². The molecule has 1 aromatic rings. The van der Waals surface area contributed by atoms with Crippen LogP contribution in [0.4, 0.5) is 0 Å². The molecule has 2 rings (SSSR count). The van der Waals surface area contributed by atoms with Crippen LogP contribution in [-0.4, -0.2) is 18.9 Å². The van der Waals surface area contributed by atoms with Crippen molar-refractivity contribution in [2.45, 2.75) is 77.6 Å². The number of ketones is 1. The summed E-state index contributed by atoms with van der Waals surface area (Å²) in [5.41, 5.74) is 3.73. The van der Waals surface area contributed by atoms with Crippen molar-refractivity contribution in [2.24, 2.45) is 5.92 Å². The summed E-state index contributed by atoms with van der Waals surface area (Å²) in [5.74, 6) is 0.344. The molecule has 1 aliphatic carbocycles. The molecule has 0 radical (unpaired) electrons.